The lowest BCUT2D eigenvalue weighted by Crippen LogP contribution is -2.09. The lowest BCUT2D eigenvalue weighted by molar-refractivity contribution is 1.28. The Bertz CT molecular complexity index is 3310. The average Bonchev–Trinajstić information content (AvgIpc) is 3.34. The molecule has 1 nitrogen and oxygen atoms in total. The third-order valence-electron chi connectivity index (χ3n) is 12.1. The van der Waals surface area contributed by atoms with E-state index < -0.39 is 0 Å². The Kier molecular flexibility index (Phi) is 9.26. The third-order valence-corrected chi connectivity index (χ3v) is 12.1. The normalized spacial score (nSPS) is 11.3. The van der Waals surface area contributed by atoms with Crippen LogP contribution in [0.5, 0.6) is 0 Å². The summed E-state index contributed by atoms with van der Waals surface area (Å²) in [4.78, 5) is 2.36. The number of hydrogen-bond donors (Lipinski definition) is 0. The Morgan fingerprint density at radius 1 is 0.197 bits per heavy atom. The molecule has 0 saturated heterocycles. The van der Waals surface area contributed by atoms with Crippen molar-refractivity contribution in [2.75, 3.05) is 4.90 Å². The molecule has 0 aliphatic rings. The molecule has 11 aromatic carbocycles. The quantitative estimate of drug-likeness (QED) is 0.149. The van der Waals surface area contributed by atoms with E-state index in [-0.39, 0.29) is 0 Å². The van der Waals surface area contributed by atoms with Crippen LogP contribution in [0.25, 0.3) is 88.0 Å². The van der Waals surface area contributed by atoms with E-state index in [0.717, 1.165) is 17.1 Å². The molecular formula is C60H41N. The van der Waals surface area contributed by atoms with Crippen molar-refractivity contribution in [2.45, 2.75) is 0 Å². The highest BCUT2D eigenvalue weighted by atomic mass is 15.1. The molecule has 0 heterocycles. The molecule has 0 bridgehead atoms. The second-order valence-corrected chi connectivity index (χ2v) is 15.7. The Hall–Kier alpha value is -8.00. The van der Waals surface area contributed by atoms with Crippen molar-refractivity contribution < 1.29 is 0 Å². The summed E-state index contributed by atoms with van der Waals surface area (Å²) >= 11 is 0. The van der Waals surface area contributed by atoms with E-state index in [2.05, 4.69) is 254 Å². The monoisotopic (exact) mass is 775 g/mol. The van der Waals surface area contributed by atoms with Crippen LogP contribution in [0.2, 0.25) is 0 Å². The summed E-state index contributed by atoms with van der Waals surface area (Å²) in [6, 6.07) is 90.4. The van der Waals surface area contributed by atoms with Crippen LogP contribution in [0, 0.1) is 0 Å². The number of anilines is 3. The molecule has 0 atom stereocenters. The van der Waals surface area contributed by atoms with Crippen LogP contribution in [-0.4, -0.2) is 0 Å². The second-order valence-electron chi connectivity index (χ2n) is 15.7. The van der Waals surface area contributed by atoms with E-state index in [1.165, 1.54) is 88.0 Å². The van der Waals surface area contributed by atoms with E-state index in [0.29, 0.717) is 0 Å². The summed E-state index contributed by atoms with van der Waals surface area (Å²) in [6.45, 7) is 0. The highest BCUT2D eigenvalue weighted by molar-refractivity contribution is 5.98. The summed E-state index contributed by atoms with van der Waals surface area (Å²) in [5, 5.41) is 7.55. The topological polar surface area (TPSA) is 3.24 Å². The Morgan fingerprint density at radius 3 is 1.11 bits per heavy atom. The number of rotatable bonds is 8. The van der Waals surface area contributed by atoms with Crippen molar-refractivity contribution in [3.05, 3.63) is 249 Å². The van der Waals surface area contributed by atoms with Gasteiger partial charge in [0, 0.05) is 17.1 Å². The molecular weight excluding hydrogens is 735 g/mol. The van der Waals surface area contributed by atoms with E-state index in [4.69, 9.17) is 0 Å². The predicted octanol–water partition coefficient (Wildman–Crippen LogP) is 17.0. The van der Waals surface area contributed by atoms with Gasteiger partial charge in [-0.2, -0.15) is 0 Å². The fraction of sp³-hybridized carbons (Fsp3) is 0. The van der Waals surface area contributed by atoms with E-state index in [1.807, 2.05) is 0 Å². The summed E-state index contributed by atoms with van der Waals surface area (Å²) in [5.74, 6) is 0. The molecule has 0 saturated carbocycles. The molecule has 0 radical (unpaired) electrons. The first kappa shape index (κ1) is 36.1. The van der Waals surface area contributed by atoms with Gasteiger partial charge in [0.1, 0.15) is 0 Å². The number of fused-ring (bicyclic) bond motifs is 3. The molecule has 0 fully saturated rings. The first-order chi connectivity index (χ1) is 30.2. The number of benzene rings is 11. The first-order valence-electron chi connectivity index (χ1n) is 21.0. The molecule has 0 aromatic heterocycles. The van der Waals surface area contributed by atoms with E-state index >= 15 is 0 Å². The molecule has 61 heavy (non-hydrogen) atoms. The molecule has 1 heteroatoms. The van der Waals surface area contributed by atoms with Gasteiger partial charge in [0.25, 0.3) is 0 Å². The lowest BCUT2D eigenvalue weighted by Gasteiger charge is -2.26. The van der Waals surface area contributed by atoms with Crippen LogP contribution >= 0.6 is 0 Å². The van der Waals surface area contributed by atoms with Crippen LogP contribution in [0.1, 0.15) is 0 Å². The van der Waals surface area contributed by atoms with Crippen LogP contribution in [0.4, 0.5) is 17.1 Å². The maximum atomic E-state index is 2.36. The van der Waals surface area contributed by atoms with Crippen molar-refractivity contribution in [1.29, 1.82) is 0 Å². The Morgan fingerprint density at radius 2 is 0.557 bits per heavy atom. The minimum absolute atomic E-state index is 1.10. The SMILES string of the molecule is c1cc(-c2ccc(N(c3ccc(-c4ccc(-c5cccc6ccccc56)cc4)cc3)c3ccc(-c4ccc5ccccc5c4)cc3)cc2)cc(-c2cccc3ccccc23)c1. The average molecular weight is 776 g/mol. The molecule has 0 unspecified atom stereocenters. The molecule has 11 aromatic rings. The highest BCUT2D eigenvalue weighted by Crippen LogP contribution is 2.39. The van der Waals surface area contributed by atoms with E-state index in [1.54, 1.807) is 0 Å². The molecule has 0 aliphatic carbocycles. The van der Waals surface area contributed by atoms with Crippen LogP contribution in [0.15, 0.2) is 249 Å². The summed E-state index contributed by atoms with van der Waals surface area (Å²) in [7, 11) is 0. The highest BCUT2D eigenvalue weighted by Gasteiger charge is 2.15. The van der Waals surface area contributed by atoms with Crippen LogP contribution < -0.4 is 4.90 Å². The van der Waals surface area contributed by atoms with Gasteiger partial charge in [-0.15, -0.1) is 0 Å². The minimum atomic E-state index is 1.10. The van der Waals surface area contributed by atoms with Crippen LogP contribution in [0.3, 0.4) is 0 Å². The number of nitrogens with zero attached hydrogens (tertiary/aromatic N) is 1. The van der Waals surface area contributed by atoms with Crippen molar-refractivity contribution in [2.24, 2.45) is 0 Å². The molecule has 0 spiro atoms. The van der Waals surface area contributed by atoms with Gasteiger partial charge in [-0.3, -0.25) is 0 Å². The zero-order valence-corrected chi connectivity index (χ0v) is 33.6. The molecule has 0 N–H and O–H groups in total. The number of hydrogen-bond acceptors (Lipinski definition) is 1. The molecule has 11 rings (SSSR count). The molecule has 0 aliphatic heterocycles. The third kappa shape index (κ3) is 7.03. The van der Waals surface area contributed by atoms with Crippen molar-refractivity contribution in [3.63, 3.8) is 0 Å². The Balaban J connectivity index is 0.928. The Labute approximate surface area is 357 Å². The van der Waals surface area contributed by atoms with E-state index in [9.17, 15) is 0 Å². The van der Waals surface area contributed by atoms with Crippen molar-refractivity contribution >= 4 is 49.4 Å². The van der Waals surface area contributed by atoms with Crippen molar-refractivity contribution in [1.82, 2.24) is 0 Å². The second kappa shape index (κ2) is 15.6. The fourth-order valence-electron chi connectivity index (χ4n) is 8.89. The first-order valence-corrected chi connectivity index (χ1v) is 21.0. The fourth-order valence-corrected chi connectivity index (χ4v) is 8.89. The molecule has 286 valence electrons. The maximum Gasteiger partial charge on any atom is 0.0462 e. The maximum absolute atomic E-state index is 2.36. The van der Waals surface area contributed by atoms with Crippen LogP contribution in [-0.2, 0) is 0 Å². The standard InChI is InChI=1S/C60H41N/c1-2-13-50-40-52(27-24-42(50)10-1)46-32-38-56(39-33-46)61(54-34-28-44(29-35-54)43-22-25-49(26-23-43)59-20-8-14-47-11-3-5-18-57(47)59)55-36-30-45(31-37-55)51-16-7-17-53(41-51)60-21-9-15-48-12-4-6-19-58(48)60/h1-41H. The lowest BCUT2D eigenvalue weighted by atomic mass is 9.95. The summed E-state index contributed by atoms with van der Waals surface area (Å²) in [6.07, 6.45) is 0. The van der Waals surface area contributed by atoms with Crippen molar-refractivity contribution in [3.8, 4) is 55.6 Å². The van der Waals surface area contributed by atoms with Gasteiger partial charge in [0.2, 0.25) is 0 Å². The smallest absolute Gasteiger partial charge is 0.0462 e. The predicted molar refractivity (Wildman–Crippen MR) is 261 cm³/mol. The van der Waals surface area contributed by atoms with Gasteiger partial charge >= 0.3 is 0 Å². The van der Waals surface area contributed by atoms with Gasteiger partial charge < -0.3 is 4.90 Å². The summed E-state index contributed by atoms with van der Waals surface area (Å²) < 4.78 is 0. The zero-order chi connectivity index (χ0) is 40.5. The van der Waals surface area contributed by atoms with Gasteiger partial charge in [-0.05, 0) is 136 Å². The summed E-state index contributed by atoms with van der Waals surface area (Å²) in [5.41, 5.74) is 15.4. The van der Waals surface area contributed by atoms with Gasteiger partial charge in [-0.1, -0.05) is 200 Å². The minimum Gasteiger partial charge on any atom is -0.311 e. The zero-order valence-electron chi connectivity index (χ0n) is 33.6. The molecule has 0 amide bonds. The van der Waals surface area contributed by atoms with Gasteiger partial charge in [0.15, 0.2) is 0 Å². The van der Waals surface area contributed by atoms with Gasteiger partial charge in [0.05, 0.1) is 0 Å². The van der Waals surface area contributed by atoms with Gasteiger partial charge in [-0.25, -0.2) is 0 Å². The largest absolute Gasteiger partial charge is 0.311 e.